The molecule has 0 unspecified atom stereocenters. The number of benzene rings is 1. The molecule has 26 heavy (non-hydrogen) atoms. The van der Waals surface area contributed by atoms with Gasteiger partial charge in [0, 0.05) is 0 Å². The Morgan fingerprint density at radius 2 is 1.00 bits per heavy atom. The average molecular weight is 591 g/mol. The van der Waals surface area contributed by atoms with Gasteiger partial charge in [-0.15, -0.1) is 0 Å². The molecule has 0 saturated heterocycles. The van der Waals surface area contributed by atoms with Crippen molar-refractivity contribution < 1.29 is 17.6 Å². The van der Waals surface area contributed by atoms with Gasteiger partial charge in [-0.05, 0) is 35.0 Å². The zero-order valence-corrected chi connectivity index (χ0v) is 23.5. The summed E-state index contributed by atoms with van der Waals surface area (Å²) < 4.78 is 0. The van der Waals surface area contributed by atoms with Gasteiger partial charge in [-0.2, -0.15) is 34.4 Å². The molecule has 1 aromatic carbocycles. The minimum atomic E-state index is 0.0356. The van der Waals surface area contributed by atoms with Gasteiger partial charge < -0.3 is 0 Å². The minimum absolute atomic E-state index is 0.0356. The Bertz CT molecular complexity index is 468. The van der Waals surface area contributed by atoms with Crippen LogP contribution in [0.2, 0.25) is 0 Å². The first-order valence-corrected chi connectivity index (χ1v) is 16.2. The third kappa shape index (κ3) is 8.57. The fourth-order valence-electron chi connectivity index (χ4n) is 3.49. The predicted molar refractivity (Wildman–Crippen MR) is 122 cm³/mol. The Morgan fingerprint density at radius 1 is 0.731 bits per heavy atom. The maximum absolute atomic E-state index is 4.67. The molecular weight excluding hydrogens is 552 g/mol. The van der Waals surface area contributed by atoms with Crippen LogP contribution in [0.4, 0.5) is 0 Å². The summed E-state index contributed by atoms with van der Waals surface area (Å²) in [5.41, 5.74) is 9.05. The Balaban J connectivity index is 0.00000301. The van der Waals surface area contributed by atoms with Gasteiger partial charge in [-0.1, -0.05) is 85.1 Å². The van der Waals surface area contributed by atoms with E-state index < -0.39 is 0 Å². The Labute approximate surface area is 181 Å². The first-order chi connectivity index (χ1) is 12.0. The van der Waals surface area contributed by atoms with E-state index in [1.807, 2.05) is 0 Å². The summed E-state index contributed by atoms with van der Waals surface area (Å²) in [7, 11) is 4.74. The monoisotopic (exact) mass is 592 g/mol. The third-order valence-electron chi connectivity index (χ3n) is 5.02. The van der Waals surface area contributed by atoms with Gasteiger partial charge in [0.2, 0.25) is 0 Å². The molecule has 0 amide bonds. The SMILES string of the molecule is Cc1cc(C)c(CP(C(C)C)C(C)C)[c-]c1CP(C(C)C)C(C)C.[Cl][Os]. The first kappa shape index (κ1) is 27.0. The van der Waals surface area contributed by atoms with E-state index in [-0.39, 0.29) is 15.8 Å². The number of hydrogen-bond acceptors (Lipinski definition) is 0. The molecule has 0 N–H and O–H groups in total. The van der Waals surface area contributed by atoms with E-state index in [4.69, 9.17) is 0 Å². The average Bonchev–Trinajstić information content (AvgIpc) is 2.53. The Morgan fingerprint density at radius 3 is 1.23 bits per heavy atom. The molecule has 0 aliphatic heterocycles. The Hall–Kier alpha value is 1.01. The molecule has 0 nitrogen and oxygen atoms in total. The van der Waals surface area contributed by atoms with Crippen LogP contribution >= 0.6 is 25.5 Å². The van der Waals surface area contributed by atoms with E-state index in [2.05, 4.69) is 91.0 Å². The molecule has 0 aliphatic rings. The molecule has 0 spiro atoms. The molecule has 153 valence electrons. The zero-order valence-electron chi connectivity index (χ0n) is 18.4. The summed E-state index contributed by atoms with van der Waals surface area (Å²) >= 11 is 1.33. The van der Waals surface area contributed by atoms with Crippen molar-refractivity contribution in [2.75, 3.05) is 0 Å². The molecule has 0 fully saturated rings. The summed E-state index contributed by atoms with van der Waals surface area (Å²) in [6, 6.07) is 6.31. The van der Waals surface area contributed by atoms with E-state index in [9.17, 15) is 0 Å². The maximum atomic E-state index is 4.67. The van der Waals surface area contributed by atoms with Crippen molar-refractivity contribution in [2.45, 2.75) is 104 Å². The van der Waals surface area contributed by atoms with Gasteiger partial charge in [-0.25, -0.2) is 0 Å². The van der Waals surface area contributed by atoms with Crippen LogP contribution in [-0.4, -0.2) is 22.6 Å². The van der Waals surface area contributed by atoms with Crippen molar-refractivity contribution in [1.29, 1.82) is 0 Å². The van der Waals surface area contributed by atoms with Crippen LogP contribution in [0.1, 0.15) is 77.6 Å². The summed E-state index contributed by atoms with van der Waals surface area (Å²) in [6.45, 7) is 23.7. The van der Waals surface area contributed by atoms with E-state index in [1.54, 1.807) is 0 Å². The van der Waals surface area contributed by atoms with E-state index in [1.165, 1.54) is 52.2 Å². The van der Waals surface area contributed by atoms with Crippen LogP contribution < -0.4 is 0 Å². The van der Waals surface area contributed by atoms with Crippen molar-refractivity contribution in [3.05, 3.63) is 34.4 Å². The third-order valence-corrected chi connectivity index (χ3v) is 11.7. The van der Waals surface area contributed by atoms with Crippen molar-refractivity contribution >= 4 is 25.5 Å². The van der Waals surface area contributed by atoms with Crippen LogP contribution in [0, 0.1) is 19.9 Å². The molecule has 1 rings (SSSR count). The van der Waals surface area contributed by atoms with E-state index in [0.717, 1.165) is 22.6 Å². The van der Waals surface area contributed by atoms with Crippen molar-refractivity contribution in [1.82, 2.24) is 0 Å². The van der Waals surface area contributed by atoms with Gasteiger partial charge in [-0.3, -0.25) is 0 Å². The number of aryl methyl sites for hydroxylation is 2. The predicted octanol–water partition coefficient (Wildman–Crippen LogP) is 8.39. The fraction of sp³-hybridized carbons (Fsp3) is 0.727. The van der Waals surface area contributed by atoms with Gasteiger partial charge in [0.1, 0.15) is 0 Å². The molecule has 0 heterocycles. The normalized spacial score (nSPS) is 11.9. The van der Waals surface area contributed by atoms with Crippen LogP contribution in [0.25, 0.3) is 0 Å². The second-order valence-electron chi connectivity index (χ2n) is 8.31. The summed E-state index contributed by atoms with van der Waals surface area (Å²) in [5, 5.41) is 0. The summed E-state index contributed by atoms with van der Waals surface area (Å²) in [4.78, 5) is 0. The quantitative estimate of drug-likeness (QED) is 0.211. The topological polar surface area (TPSA) is 0 Å². The first-order valence-electron chi connectivity index (χ1n) is 9.70. The van der Waals surface area contributed by atoms with Crippen molar-refractivity contribution in [3.63, 3.8) is 0 Å². The molecule has 0 aliphatic carbocycles. The fourth-order valence-corrected chi connectivity index (χ4v) is 8.73. The van der Waals surface area contributed by atoms with Gasteiger partial charge in [0.25, 0.3) is 0 Å². The number of rotatable bonds is 8. The molecule has 0 radical (unpaired) electrons. The second-order valence-corrected chi connectivity index (χ2v) is 15.1. The van der Waals surface area contributed by atoms with Gasteiger partial charge in [0.15, 0.2) is 0 Å². The molecular formula is C22H39ClOsP2-. The second kappa shape index (κ2) is 13.3. The molecule has 1 aromatic rings. The molecule has 0 saturated carbocycles. The van der Waals surface area contributed by atoms with Gasteiger partial charge >= 0.3 is 27.2 Å². The standard InChI is InChI=1S/C22H39P2.ClH.Os/c1-15(2)23(16(3)4)13-21-12-22(20(10)11-19(21)9)14-24(17(5)6)18(7)8;;/h11,15-18H,13-14H2,1-10H3;1H;/q-1;;+1/p-1. The van der Waals surface area contributed by atoms with Crippen molar-refractivity contribution in [3.8, 4) is 0 Å². The number of halogens is 1. The Kier molecular flexibility index (Phi) is 13.8. The zero-order chi connectivity index (χ0) is 20.6. The van der Waals surface area contributed by atoms with Crippen LogP contribution in [0.3, 0.4) is 0 Å². The molecule has 0 bridgehead atoms. The molecule has 0 atom stereocenters. The van der Waals surface area contributed by atoms with Crippen LogP contribution in [0.5, 0.6) is 0 Å². The summed E-state index contributed by atoms with van der Waals surface area (Å²) in [5.74, 6) is 0. The molecule has 0 aromatic heterocycles. The summed E-state index contributed by atoms with van der Waals surface area (Å²) in [6.07, 6.45) is 2.48. The van der Waals surface area contributed by atoms with Gasteiger partial charge in [0.05, 0.1) is 0 Å². The van der Waals surface area contributed by atoms with Crippen LogP contribution in [-0.2, 0) is 29.9 Å². The molecule has 4 heteroatoms. The van der Waals surface area contributed by atoms with Crippen molar-refractivity contribution in [2.24, 2.45) is 0 Å². The van der Waals surface area contributed by atoms with E-state index in [0.29, 0.717) is 0 Å². The van der Waals surface area contributed by atoms with Crippen LogP contribution in [0.15, 0.2) is 6.07 Å². The number of hydrogen-bond donors (Lipinski definition) is 0. The van der Waals surface area contributed by atoms with E-state index >= 15 is 0 Å².